The minimum absolute atomic E-state index is 0.0671. The summed E-state index contributed by atoms with van der Waals surface area (Å²) in [6, 6.07) is 9.26. The third-order valence-corrected chi connectivity index (χ3v) is 9.09. The molecule has 5 nitrogen and oxygen atoms in total. The number of carbonyl (C=O) groups excluding carboxylic acids is 1. The van der Waals surface area contributed by atoms with Crippen molar-refractivity contribution in [1.29, 1.82) is 5.26 Å². The fourth-order valence-electron chi connectivity index (χ4n) is 6.93. The molecule has 4 N–H and O–H groups in total. The van der Waals surface area contributed by atoms with Crippen LogP contribution in [0.4, 0.5) is 8.78 Å². The molecule has 0 radical (unpaired) electrons. The number of nitrogens with two attached hydrogens (primary N) is 2. The number of primary amides is 1. The molecule has 0 spiro atoms. The van der Waals surface area contributed by atoms with Gasteiger partial charge in [-0.15, -0.1) is 0 Å². The quantitative estimate of drug-likeness (QED) is 0.421. The lowest BCUT2D eigenvalue weighted by Crippen LogP contribution is -2.53. The topological polar surface area (TPSA) is 96.1 Å². The Bertz CT molecular complexity index is 1270. The fraction of sp³-hybridized carbons (Fsp3) is 0.533. The van der Waals surface area contributed by atoms with Crippen LogP contribution in [0.2, 0.25) is 10.0 Å². The first-order chi connectivity index (χ1) is 18.4. The van der Waals surface area contributed by atoms with Crippen molar-refractivity contribution in [3.8, 4) is 6.07 Å². The van der Waals surface area contributed by atoms with E-state index in [-0.39, 0.29) is 32.6 Å². The summed E-state index contributed by atoms with van der Waals surface area (Å²) in [5.74, 6) is -2.87. The van der Waals surface area contributed by atoms with E-state index in [0.717, 1.165) is 31.7 Å². The molecule has 2 aromatic carbocycles. The zero-order chi connectivity index (χ0) is 28.7. The third-order valence-electron chi connectivity index (χ3n) is 8.56. The molecule has 0 aromatic heterocycles. The molecule has 0 bridgehead atoms. The summed E-state index contributed by atoms with van der Waals surface area (Å²) in [7, 11) is 0. The largest absolute Gasteiger partial charge is 0.368 e. The van der Waals surface area contributed by atoms with Crippen molar-refractivity contribution in [3.05, 3.63) is 69.2 Å². The van der Waals surface area contributed by atoms with E-state index in [0.29, 0.717) is 18.9 Å². The molecule has 9 heteroatoms. The summed E-state index contributed by atoms with van der Waals surface area (Å²) in [5, 5.41) is 11.1. The van der Waals surface area contributed by atoms with Gasteiger partial charge in [0.25, 0.3) is 0 Å². The number of carbonyl (C=O) groups is 1. The number of hydrogen-bond acceptors (Lipinski definition) is 4. The summed E-state index contributed by atoms with van der Waals surface area (Å²) < 4.78 is 31.7. The molecule has 2 fully saturated rings. The number of benzene rings is 2. The summed E-state index contributed by atoms with van der Waals surface area (Å²) in [4.78, 5) is 15.4. The van der Waals surface area contributed by atoms with Gasteiger partial charge in [0.2, 0.25) is 5.91 Å². The molecule has 210 valence electrons. The molecule has 1 saturated carbocycles. The minimum Gasteiger partial charge on any atom is -0.368 e. The van der Waals surface area contributed by atoms with E-state index in [1.54, 1.807) is 6.07 Å². The van der Waals surface area contributed by atoms with Crippen molar-refractivity contribution in [2.75, 3.05) is 6.54 Å². The van der Waals surface area contributed by atoms with Gasteiger partial charge in [0.15, 0.2) is 0 Å². The molecule has 1 saturated heterocycles. The Balaban J connectivity index is 2.06. The van der Waals surface area contributed by atoms with Crippen molar-refractivity contribution < 1.29 is 13.6 Å². The van der Waals surface area contributed by atoms with Gasteiger partial charge in [-0.05, 0) is 73.7 Å². The SMILES string of the molecule is CC(C)(C)CC1N(C2CCC(CN)CC2)C(C(N)=O)C(c2cccc(Cl)c2F)C1(C#N)c1ccc(Cl)cc1F. The van der Waals surface area contributed by atoms with Gasteiger partial charge in [0.1, 0.15) is 17.0 Å². The number of halogens is 4. The highest BCUT2D eigenvalue weighted by Crippen LogP contribution is 2.58. The van der Waals surface area contributed by atoms with E-state index in [4.69, 9.17) is 34.7 Å². The van der Waals surface area contributed by atoms with Gasteiger partial charge in [-0.1, -0.05) is 62.2 Å². The summed E-state index contributed by atoms with van der Waals surface area (Å²) in [5.41, 5.74) is 10.2. The highest BCUT2D eigenvalue weighted by Gasteiger charge is 2.65. The van der Waals surface area contributed by atoms with Gasteiger partial charge < -0.3 is 11.5 Å². The molecule has 1 aliphatic carbocycles. The predicted molar refractivity (Wildman–Crippen MR) is 150 cm³/mol. The normalized spacial score (nSPS) is 29.8. The zero-order valence-corrected chi connectivity index (χ0v) is 24.1. The maximum absolute atomic E-state index is 15.9. The minimum atomic E-state index is -1.67. The van der Waals surface area contributed by atoms with Crippen molar-refractivity contribution >= 4 is 29.1 Å². The maximum atomic E-state index is 15.9. The average Bonchev–Trinajstić information content (AvgIpc) is 3.15. The molecule has 1 amide bonds. The molecular formula is C30H36Cl2F2N4O. The fourth-order valence-corrected chi connectivity index (χ4v) is 7.27. The van der Waals surface area contributed by atoms with E-state index in [1.165, 1.54) is 24.3 Å². The summed E-state index contributed by atoms with van der Waals surface area (Å²) >= 11 is 12.3. The Hall–Kier alpha value is -2.24. The van der Waals surface area contributed by atoms with Crippen LogP contribution in [0.15, 0.2) is 36.4 Å². The monoisotopic (exact) mass is 576 g/mol. The van der Waals surface area contributed by atoms with Gasteiger partial charge in [-0.3, -0.25) is 9.69 Å². The number of amides is 1. The second-order valence-corrected chi connectivity index (χ2v) is 13.1. The molecular weight excluding hydrogens is 541 g/mol. The number of rotatable bonds is 6. The number of hydrogen-bond donors (Lipinski definition) is 2. The van der Waals surface area contributed by atoms with Crippen molar-refractivity contribution in [1.82, 2.24) is 4.90 Å². The van der Waals surface area contributed by atoms with Crippen molar-refractivity contribution in [2.24, 2.45) is 22.8 Å². The van der Waals surface area contributed by atoms with Crippen molar-refractivity contribution in [3.63, 3.8) is 0 Å². The molecule has 4 atom stereocenters. The highest BCUT2D eigenvalue weighted by atomic mass is 35.5. The van der Waals surface area contributed by atoms with E-state index in [1.807, 2.05) is 25.7 Å². The van der Waals surface area contributed by atoms with Crippen LogP contribution >= 0.6 is 23.2 Å². The van der Waals surface area contributed by atoms with E-state index < -0.39 is 41.0 Å². The smallest absolute Gasteiger partial charge is 0.235 e. The van der Waals surface area contributed by atoms with Crippen LogP contribution in [-0.4, -0.2) is 35.5 Å². The van der Waals surface area contributed by atoms with Gasteiger partial charge in [-0.2, -0.15) is 5.26 Å². The van der Waals surface area contributed by atoms with Gasteiger partial charge in [0.05, 0.1) is 17.1 Å². The van der Waals surface area contributed by atoms with Crippen LogP contribution in [0, 0.1) is 34.3 Å². The highest BCUT2D eigenvalue weighted by molar-refractivity contribution is 6.31. The van der Waals surface area contributed by atoms with Crippen LogP contribution in [0.1, 0.15) is 69.9 Å². The number of likely N-dealkylation sites (tertiary alicyclic amines) is 1. The third kappa shape index (κ3) is 5.41. The zero-order valence-electron chi connectivity index (χ0n) is 22.6. The lowest BCUT2D eigenvalue weighted by atomic mass is 9.62. The van der Waals surface area contributed by atoms with E-state index in [2.05, 4.69) is 6.07 Å². The summed E-state index contributed by atoms with van der Waals surface area (Å²) in [6.45, 7) is 6.67. The van der Waals surface area contributed by atoms with Gasteiger partial charge in [-0.25, -0.2) is 8.78 Å². The lowest BCUT2D eigenvalue weighted by molar-refractivity contribution is -0.124. The Morgan fingerprint density at radius 3 is 2.36 bits per heavy atom. The Labute approximate surface area is 239 Å². The lowest BCUT2D eigenvalue weighted by Gasteiger charge is -2.44. The average molecular weight is 578 g/mol. The van der Waals surface area contributed by atoms with Crippen molar-refractivity contribution in [2.45, 2.75) is 82.3 Å². The molecule has 1 aliphatic heterocycles. The molecule has 39 heavy (non-hydrogen) atoms. The van der Waals surface area contributed by atoms with Crippen LogP contribution in [0.3, 0.4) is 0 Å². The Morgan fingerprint density at radius 1 is 1.15 bits per heavy atom. The van der Waals surface area contributed by atoms with E-state index in [9.17, 15) is 10.1 Å². The second kappa shape index (κ2) is 11.3. The molecule has 4 rings (SSSR count). The molecule has 2 aromatic rings. The van der Waals surface area contributed by atoms with Crippen LogP contribution in [-0.2, 0) is 10.2 Å². The van der Waals surface area contributed by atoms with Gasteiger partial charge in [0, 0.05) is 28.6 Å². The molecule has 1 heterocycles. The van der Waals surface area contributed by atoms with E-state index >= 15 is 8.78 Å². The first-order valence-corrected chi connectivity index (χ1v) is 14.2. The maximum Gasteiger partial charge on any atom is 0.235 e. The first-order valence-electron chi connectivity index (χ1n) is 13.4. The Kier molecular flexibility index (Phi) is 8.64. The molecule has 2 aliphatic rings. The van der Waals surface area contributed by atoms with Crippen LogP contribution in [0.5, 0.6) is 0 Å². The Morgan fingerprint density at radius 2 is 1.82 bits per heavy atom. The van der Waals surface area contributed by atoms with Crippen LogP contribution in [0.25, 0.3) is 0 Å². The van der Waals surface area contributed by atoms with Crippen LogP contribution < -0.4 is 11.5 Å². The predicted octanol–water partition coefficient (Wildman–Crippen LogP) is 6.31. The number of nitriles is 1. The molecule has 4 unspecified atom stereocenters. The summed E-state index contributed by atoms with van der Waals surface area (Å²) in [6.07, 6.45) is 3.62. The standard InChI is InChI=1S/C30H36Cl2F2N4O/c1-29(2,3)14-24-30(16-36,21-12-9-18(31)13-23(21)33)25(20-5-4-6-22(32)26(20)34)27(28(37)39)38(24)19-10-7-17(15-35)8-11-19/h4-6,9,12-13,17,19,24-25,27H,7-8,10-11,14-15,35H2,1-3H3,(H2,37,39). The number of nitrogens with zero attached hydrogens (tertiary/aromatic N) is 2. The van der Waals surface area contributed by atoms with Gasteiger partial charge >= 0.3 is 0 Å². The first kappa shape index (κ1) is 29.7. The second-order valence-electron chi connectivity index (χ2n) is 12.2.